The summed E-state index contributed by atoms with van der Waals surface area (Å²) >= 11 is 0. The molecule has 0 bridgehead atoms. The maximum atomic E-state index is 12.8. The zero-order valence-electron chi connectivity index (χ0n) is 16.2. The SMILES string of the molecule is COc1ccc(OC)c(NC(=O)c2ccc(C)c(N3CCCCS3(=O)=O)c2)c1. The summed E-state index contributed by atoms with van der Waals surface area (Å²) in [4.78, 5) is 12.8. The fraction of sp³-hybridized carbons (Fsp3) is 0.350. The molecule has 1 saturated heterocycles. The number of sulfonamides is 1. The molecule has 0 saturated carbocycles. The van der Waals surface area contributed by atoms with E-state index in [1.54, 1.807) is 43.5 Å². The van der Waals surface area contributed by atoms with Crippen molar-refractivity contribution in [3.63, 3.8) is 0 Å². The number of ether oxygens (including phenoxy) is 2. The summed E-state index contributed by atoms with van der Waals surface area (Å²) in [6.45, 7) is 2.27. The van der Waals surface area contributed by atoms with E-state index in [-0.39, 0.29) is 11.7 Å². The highest BCUT2D eigenvalue weighted by Gasteiger charge is 2.27. The smallest absolute Gasteiger partial charge is 0.255 e. The quantitative estimate of drug-likeness (QED) is 0.827. The molecule has 1 fully saturated rings. The van der Waals surface area contributed by atoms with Gasteiger partial charge in [0.25, 0.3) is 5.91 Å². The molecule has 1 N–H and O–H groups in total. The molecule has 1 heterocycles. The Labute approximate surface area is 165 Å². The lowest BCUT2D eigenvalue weighted by molar-refractivity contribution is 0.102. The third kappa shape index (κ3) is 4.06. The predicted octanol–water partition coefficient (Wildman–Crippen LogP) is 3.19. The van der Waals surface area contributed by atoms with E-state index < -0.39 is 10.0 Å². The van der Waals surface area contributed by atoms with Crippen LogP contribution in [-0.4, -0.2) is 40.8 Å². The molecule has 0 radical (unpaired) electrons. The first kappa shape index (κ1) is 20.0. The third-order valence-electron chi connectivity index (χ3n) is 4.74. The maximum Gasteiger partial charge on any atom is 0.255 e. The molecule has 28 heavy (non-hydrogen) atoms. The number of hydrogen-bond acceptors (Lipinski definition) is 5. The van der Waals surface area contributed by atoms with Crippen molar-refractivity contribution in [2.24, 2.45) is 0 Å². The molecule has 3 rings (SSSR count). The van der Waals surface area contributed by atoms with Crippen LogP contribution in [-0.2, 0) is 10.0 Å². The lowest BCUT2D eigenvalue weighted by Crippen LogP contribution is -2.38. The molecule has 0 aliphatic carbocycles. The number of nitrogens with one attached hydrogen (secondary N) is 1. The molecule has 8 heteroatoms. The molecule has 7 nitrogen and oxygen atoms in total. The van der Waals surface area contributed by atoms with E-state index in [1.165, 1.54) is 11.4 Å². The Bertz CT molecular complexity index is 988. The lowest BCUT2D eigenvalue weighted by Gasteiger charge is -2.29. The number of methoxy groups -OCH3 is 2. The molecule has 0 spiro atoms. The van der Waals surface area contributed by atoms with Gasteiger partial charge in [0, 0.05) is 18.2 Å². The summed E-state index contributed by atoms with van der Waals surface area (Å²) in [6.07, 6.45) is 1.46. The molecule has 1 amide bonds. The van der Waals surface area contributed by atoms with Crippen molar-refractivity contribution in [1.82, 2.24) is 0 Å². The van der Waals surface area contributed by atoms with Crippen LogP contribution < -0.4 is 19.1 Å². The largest absolute Gasteiger partial charge is 0.497 e. The van der Waals surface area contributed by atoms with Crippen LogP contribution >= 0.6 is 0 Å². The highest BCUT2D eigenvalue weighted by molar-refractivity contribution is 7.92. The number of amides is 1. The van der Waals surface area contributed by atoms with Gasteiger partial charge in [0.2, 0.25) is 10.0 Å². The van der Waals surface area contributed by atoms with Crippen molar-refractivity contribution in [2.75, 3.05) is 36.1 Å². The maximum absolute atomic E-state index is 12.8. The van der Waals surface area contributed by atoms with E-state index in [0.29, 0.717) is 41.4 Å². The number of hydrogen-bond donors (Lipinski definition) is 1. The summed E-state index contributed by atoms with van der Waals surface area (Å²) in [6, 6.07) is 10.2. The Balaban J connectivity index is 1.92. The topological polar surface area (TPSA) is 84.9 Å². The number of benzene rings is 2. The van der Waals surface area contributed by atoms with Crippen LogP contribution in [0, 0.1) is 6.92 Å². The van der Waals surface area contributed by atoms with Crippen LogP contribution in [0.2, 0.25) is 0 Å². The van der Waals surface area contributed by atoms with Gasteiger partial charge in [-0.05, 0) is 49.6 Å². The van der Waals surface area contributed by atoms with E-state index in [4.69, 9.17) is 9.47 Å². The number of rotatable bonds is 5. The molecule has 150 valence electrons. The van der Waals surface area contributed by atoms with E-state index in [1.807, 2.05) is 6.92 Å². The molecule has 2 aromatic rings. The number of aryl methyl sites for hydroxylation is 1. The highest BCUT2D eigenvalue weighted by Crippen LogP contribution is 2.31. The molecule has 2 aromatic carbocycles. The number of carbonyl (C=O) groups is 1. The molecular formula is C20H24N2O5S. The van der Waals surface area contributed by atoms with Crippen LogP contribution in [0.15, 0.2) is 36.4 Å². The Morgan fingerprint density at radius 2 is 1.86 bits per heavy atom. The van der Waals surface area contributed by atoms with Crippen molar-refractivity contribution in [3.05, 3.63) is 47.5 Å². The summed E-state index contributed by atoms with van der Waals surface area (Å²) in [5, 5.41) is 2.81. The van der Waals surface area contributed by atoms with Crippen molar-refractivity contribution in [1.29, 1.82) is 0 Å². The monoisotopic (exact) mass is 404 g/mol. The second-order valence-corrected chi connectivity index (χ2v) is 8.63. The lowest BCUT2D eigenvalue weighted by atomic mass is 10.1. The van der Waals surface area contributed by atoms with E-state index >= 15 is 0 Å². The van der Waals surface area contributed by atoms with Crippen LogP contribution in [0.3, 0.4) is 0 Å². The molecule has 1 aliphatic rings. The van der Waals surface area contributed by atoms with Gasteiger partial charge < -0.3 is 14.8 Å². The molecule has 0 aromatic heterocycles. The zero-order chi connectivity index (χ0) is 20.3. The van der Waals surface area contributed by atoms with Gasteiger partial charge >= 0.3 is 0 Å². The van der Waals surface area contributed by atoms with Crippen molar-refractivity contribution < 1.29 is 22.7 Å². The second-order valence-electron chi connectivity index (χ2n) is 6.62. The van der Waals surface area contributed by atoms with E-state index in [2.05, 4.69) is 5.32 Å². The third-order valence-corrected chi connectivity index (χ3v) is 6.60. The van der Waals surface area contributed by atoms with Gasteiger partial charge in [-0.1, -0.05) is 6.07 Å². The average Bonchev–Trinajstić information content (AvgIpc) is 2.68. The van der Waals surface area contributed by atoms with Gasteiger partial charge in [0.05, 0.1) is 31.3 Å². The van der Waals surface area contributed by atoms with E-state index in [0.717, 1.165) is 12.0 Å². The molecule has 1 aliphatic heterocycles. The van der Waals surface area contributed by atoms with Gasteiger partial charge in [-0.3, -0.25) is 9.10 Å². The van der Waals surface area contributed by atoms with Gasteiger partial charge in [0.15, 0.2) is 0 Å². The van der Waals surface area contributed by atoms with Crippen LogP contribution in [0.1, 0.15) is 28.8 Å². The van der Waals surface area contributed by atoms with Gasteiger partial charge in [-0.15, -0.1) is 0 Å². The normalized spacial score (nSPS) is 15.8. The van der Waals surface area contributed by atoms with Crippen molar-refractivity contribution in [3.8, 4) is 11.5 Å². The summed E-state index contributed by atoms with van der Waals surface area (Å²) in [7, 11) is -0.298. The Morgan fingerprint density at radius 1 is 1.07 bits per heavy atom. The van der Waals surface area contributed by atoms with Gasteiger partial charge in [-0.25, -0.2) is 8.42 Å². The van der Waals surface area contributed by atoms with Gasteiger partial charge in [-0.2, -0.15) is 0 Å². The van der Waals surface area contributed by atoms with Gasteiger partial charge in [0.1, 0.15) is 11.5 Å². The number of carbonyl (C=O) groups excluding carboxylic acids is 1. The van der Waals surface area contributed by atoms with Crippen molar-refractivity contribution >= 4 is 27.3 Å². The van der Waals surface area contributed by atoms with Crippen LogP contribution in [0.4, 0.5) is 11.4 Å². The minimum absolute atomic E-state index is 0.129. The first-order chi connectivity index (χ1) is 13.4. The standard InChI is InChI=1S/C20H24N2O5S/c1-14-6-7-15(12-18(14)22-10-4-5-11-28(22,24)25)20(23)21-17-13-16(26-2)8-9-19(17)27-3/h6-9,12-13H,4-5,10-11H2,1-3H3,(H,21,23). The Morgan fingerprint density at radius 3 is 2.54 bits per heavy atom. The first-order valence-corrected chi connectivity index (χ1v) is 10.6. The fourth-order valence-corrected chi connectivity index (χ4v) is 4.88. The minimum atomic E-state index is -3.36. The Hall–Kier alpha value is -2.74. The van der Waals surface area contributed by atoms with E-state index in [9.17, 15) is 13.2 Å². The summed E-state index contributed by atoms with van der Waals surface area (Å²) in [5.74, 6) is 0.853. The fourth-order valence-electron chi connectivity index (χ4n) is 3.19. The van der Waals surface area contributed by atoms with Crippen molar-refractivity contribution in [2.45, 2.75) is 19.8 Å². The summed E-state index contributed by atoms with van der Waals surface area (Å²) < 4.78 is 36.8. The Kier molecular flexibility index (Phi) is 5.79. The van der Waals surface area contributed by atoms with Crippen LogP contribution in [0.25, 0.3) is 0 Å². The summed E-state index contributed by atoms with van der Waals surface area (Å²) in [5.41, 5.74) is 2.19. The first-order valence-electron chi connectivity index (χ1n) is 9.00. The highest BCUT2D eigenvalue weighted by atomic mass is 32.2. The number of anilines is 2. The van der Waals surface area contributed by atoms with Crippen LogP contribution in [0.5, 0.6) is 11.5 Å². The minimum Gasteiger partial charge on any atom is -0.497 e. The average molecular weight is 404 g/mol. The zero-order valence-corrected chi connectivity index (χ0v) is 17.0. The molecular weight excluding hydrogens is 380 g/mol. The predicted molar refractivity (Wildman–Crippen MR) is 109 cm³/mol. The molecule has 0 atom stereocenters. The molecule has 0 unspecified atom stereocenters. The number of nitrogens with zero attached hydrogens (tertiary/aromatic N) is 1. The second kappa shape index (κ2) is 8.10.